The van der Waals surface area contributed by atoms with Crippen LogP contribution in [0, 0.1) is 5.82 Å². The lowest BCUT2D eigenvalue weighted by Crippen LogP contribution is -2.36. The van der Waals surface area contributed by atoms with Crippen LogP contribution in [0.15, 0.2) is 24.3 Å². The number of fused-ring (bicyclic) bond motifs is 1. The number of carbonyl (C=O) groups excluding carboxylic acids is 1. The molecule has 2 heterocycles. The third-order valence-corrected chi connectivity index (χ3v) is 5.40. The molecule has 1 aromatic heterocycles. The van der Waals surface area contributed by atoms with Gasteiger partial charge in [0.25, 0.3) is 0 Å². The lowest BCUT2D eigenvalue weighted by Gasteiger charge is -2.22. The molecule has 5 nitrogen and oxygen atoms in total. The van der Waals surface area contributed by atoms with E-state index in [-0.39, 0.29) is 17.8 Å². The number of benzene rings is 1. The molecule has 0 spiro atoms. The Morgan fingerprint density at radius 3 is 2.85 bits per heavy atom. The molecule has 2 N–H and O–H groups in total. The molecule has 0 radical (unpaired) electrons. The van der Waals surface area contributed by atoms with E-state index >= 15 is 0 Å². The molecular weight excluding hydrogens is 331 g/mol. The fourth-order valence-corrected chi connectivity index (χ4v) is 4.00. The molecule has 2 aliphatic rings. The Balaban J connectivity index is 1.35. The minimum absolute atomic E-state index is 0.00227. The van der Waals surface area contributed by atoms with Crippen LogP contribution in [-0.4, -0.2) is 33.9 Å². The van der Waals surface area contributed by atoms with Crippen LogP contribution in [0.25, 0.3) is 0 Å². The van der Waals surface area contributed by atoms with Gasteiger partial charge in [0.1, 0.15) is 11.6 Å². The average molecular weight is 356 g/mol. The van der Waals surface area contributed by atoms with Crippen LogP contribution >= 0.6 is 0 Å². The molecule has 1 amide bonds. The van der Waals surface area contributed by atoms with E-state index in [0.717, 1.165) is 43.6 Å². The number of hydrogen-bond donors (Lipinski definition) is 2. The first-order valence-corrected chi connectivity index (χ1v) is 9.52. The molecular formula is C20H25FN4O. The van der Waals surface area contributed by atoms with Crippen LogP contribution in [0.2, 0.25) is 0 Å². The number of aromatic amines is 1. The molecule has 138 valence electrons. The molecule has 0 unspecified atom stereocenters. The van der Waals surface area contributed by atoms with E-state index in [1.54, 1.807) is 12.1 Å². The SMILES string of the molecule is O=C(CN1CCC[C@H]1c1nc2c([nH]1)CCCC2)NCc1ccc(F)cc1. The standard InChI is InChI=1S/C20H25FN4O/c21-15-9-7-14(8-10-15)12-22-19(26)13-25-11-3-6-18(25)20-23-16-4-1-2-5-17(16)24-20/h7-10,18H,1-6,11-13H2,(H,22,26)(H,23,24)/t18-/m0/s1. The highest BCUT2D eigenvalue weighted by Crippen LogP contribution is 2.31. The summed E-state index contributed by atoms with van der Waals surface area (Å²) in [6.45, 7) is 1.71. The number of imidazole rings is 1. The van der Waals surface area contributed by atoms with Gasteiger partial charge in [-0.25, -0.2) is 9.37 Å². The van der Waals surface area contributed by atoms with Crippen molar-refractivity contribution >= 4 is 5.91 Å². The van der Waals surface area contributed by atoms with Gasteiger partial charge in [-0.1, -0.05) is 12.1 Å². The fraction of sp³-hybridized carbons (Fsp3) is 0.500. The van der Waals surface area contributed by atoms with Crippen molar-refractivity contribution in [1.29, 1.82) is 0 Å². The summed E-state index contributed by atoms with van der Waals surface area (Å²) in [5.41, 5.74) is 3.41. The topological polar surface area (TPSA) is 61.0 Å². The first kappa shape index (κ1) is 17.2. The number of hydrogen-bond acceptors (Lipinski definition) is 3. The zero-order valence-electron chi connectivity index (χ0n) is 14.9. The van der Waals surface area contributed by atoms with Gasteiger partial charge in [-0.2, -0.15) is 0 Å². The van der Waals surface area contributed by atoms with Crippen LogP contribution in [0.5, 0.6) is 0 Å². The number of aryl methyl sites for hydroxylation is 2. The molecule has 2 aromatic rings. The van der Waals surface area contributed by atoms with Gasteiger partial charge < -0.3 is 10.3 Å². The summed E-state index contributed by atoms with van der Waals surface area (Å²) in [7, 11) is 0. The number of nitrogens with one attached hydrogen (secondary N) is 2. The third-order valence-electron chi connectivity index (χ3n) is 5.40. The van der Waals surface area contributed by atoms with Crippen molar-refractivity contribution in [2.75, 3.05) is 13.1 Å². The lowest BCUT2D eigenvalue weighted by molar-refractivity contribution is -0.122. The number of rotatable bonds is 5. The second-order valence-electron chi connectivity index (χ2n) is 7.29. The quantitative estimate of drug-likeness (QED) is 0.866. The van der Waals surface area contributed by atoms with Gasteiger partial charge in [-0.3, -0.25) is 9.69 Å². The minimum Gasteiger partial charge on any atom is -0.351 e. The van der Waals surface area contributed by atoms with Crippen molar-refractivity contribution in [2.24, 2.45) is 0 Å². The molecule has 1 saturated heterocycles. The second-order valence-corrected chi connectivity index (χ2v) is 7.29. The number of amides is 1. The molecule has 4 rings (SSSR count). The molecule has 1 fully saturated rings. The summed E-state index contributed by atoms with van der Waals surface area (Å²) in [5, 5.41) is 2.93. The molecule has 1 aromatic carbocycles. The zero-order valence-corrected chi connectivity index (χ0v) is 14.9. The van der Waals surface area contributed by atoms with Gasteiger partial charge in [-0.15, -0.1) is 0 Å². The summed E-state index contributed by atoms with van der Waals surface area (Å²) in [4.78, 5) is 22.9. The Kier molecular flexibility index (Phi) is 5.02. The highest BCUT2D eigenvalue weighted by molar-refractivity contribution is 5.78. The van der Waals surface area contributed by atoms with Crippen LogP contribution < -0.4 is 5.32 Å². The third kappa shape index (κ3) is 3.80. The number of H-pyrrole nitrogens is 1. The number of nitrogens with zero attached hydrogens (tertiary/aromatic N) is 2. The van der Waals surface area contributed by atoms with Gasteiger partial charge in [0.05, 0.1) is 18.3 Å². The Hall–Kier alpha value is -2.21. The van der Waals surface area contributed by atoms with Gasteiger partial charge >= 0.3 is 0 Å². The van der Waals surface area contributed by atoms with E-state index in [9.17, 15) is 9.18 Å². The number of aromatic nitrogens is 2. The maximum Gasteiger partial charge on any atom is 0.234 e. The van der Waals surface area contributed by atoms with Crippen molar-refractivity contribution in [3.63, 3.8) is 0 Å². The Morgan fingerprint density at radius 2 is 2.04 bits per heavy atom. The van der Waals surface area contributed by atoms with E-state index in [2.05, 4.69) is 15.2 Å². The molecule has 26 heavy (non-hydrogen) atoms. The van der Waals surface area contributed by atoms with E-state index in [0.29, 0.717) is 13.1 Å². The van der Waals surface area contributed by atoms with Crippen LogP contribution in [-0.2, 0) is 24.2 Å². The number of carbonyl (C=O) groups is 1. The largest absolute Gasteiger partial charge is 0.351 e. The van der Waals surface area contributed by atoms with Gasteiger partial charge in [-0.05, 0) is 62.8 Å². The van der Waals surface area contributed by atoms with Crippen molar-refractivity contribution in [3.8, 4) is 0 Å². The van der Waals surface area contributed by atoms with Crippen molar-refractivity contribution in [3.05, 3.63) is 52.9 Å². The molecule has 0 saturated carbocycles. The molecule has 1 atom stereocenters. The maximum atomic E-state index is 12.9. The van der Waals surface area contributed by atoms with Crippen LogP contribution in [0.3, 0.4) is 0 Å². The van der Waals surface area contributed by atoms with Crippen LogP contribution in [0.4, 0.5) is 4.39 Å². The van der Waals surface area contributed by atoms with E-state index < -0.39 is 0 Å². The zero-order chi connectivity index (χ0) is 17.9. The number of halogens is 1. The Bertz CT molecular complexity index is 747. The van der Waals surface area contributed by atoms with Crippen LogP contribution in [0.1, 0.15) is 54.5 Å². The van der Waals surface area contributed by atoms with Gasteiger partial charge in [0.2, 0.25) is 5.91 Å². The van der Waals surface area contributed by atoms with E-state index in [1.807, 2.05) is 0 Å². The van der Waals surface area contributed by atoms with E-state index in [4.69, 9.17) is 4.98 Å². The molecule has 0 bridgehead atoms. The smallest absolute Gasteiger partial charge is 0.234 e. The van der Waals surface area contributed by atoms with Crippen molar-refractivity contribution in [2.45, 2.75) is 51.1 Å². The molecule has 1 aliphatic heterocycles. The van der Waals surface area contributed by atoms with E-state index in [1.165, 1.54) is 36.4 Å². The Morgan fingerprint density at radius 1 is 1.23 bits per heavy atom. The predicted octanol–water partition coefficient (Wildman–Crippen LogP) is 2.88. The van der Waals surface area contributed by atoms with Crippen molar-refractivity contribution < 1.29 is 9.18 Å². The highest BCUT2D eigenvalue weighted by atomic mass is 19.1. The number of likely N-dealkylation sites (tertiary alicyclic amines) is 1. The summed E-state index contributed by atoms with van der Waals surface area (Å²) in [6.07, 6.45) is 6.73. The minimum atomic E-state index is -0.263. The first-order chi connectivity index (χ1) is 12.7. The average Bonchev–Trinajstić information content (AvgIpc) is 3.27. The summed E-state index contributed by atoms with van der Waals surface area (Å²) in [6, 6.07) is 6.42. The fourth-order valence-electron chi connectivity index (χ4n) is 4.00. The van der Waals surface area contributed by atoms with Gasteiger partial charge in [0.15, 0.2) is 0 Å². The van der Waals surface area contributed by atoms with Gasteiger partial charge in [0, 0.05) is 12.2 Å². The summed E-state index contributed by atoms with van der Waals surface area (Å²) in [5.74, 6) is 0.763. The maximum absolute atomic E-state index is 12.9. The van der Waals surface area contributed by atoms with Crippen molar-refractivity contribution in [1.82, 2.24) is 20.2 Å². The second kappa shape index (κ2) is 7.58. The molecule has 6 heteroatoms. The normalized spacial score (nSPS) is 20.1. The summed E-state index contributed by atoms with van der Waals surface area (Å²) < 4.78 is 12.9. The Labute approximate surface area is 153 Å². The predicted molar refractivity (Wildman–Crippen MR) is 97.0 cm³/mol. The summed E-state index contributed by atoms with van der Waals surface area (Å²) >= 11 is 0. The monoisotopic (exact) mass is 356 g/mol. The molecule has 1 aliphatic carbocycles. The lowest BCUT2D eigenvalue weighted by atomic mass is 10.0. The first-order valence-electron chi connectivity index (χ1n) is 9.52. The highest BCUT2D eigenvalue weighted by Gasteiger charge is 2.30.